The summed E-state index contributed by atoms with van der Waals surface area (Å²) in [4.78, 5) is 0.592. The van der Waals surface area contributed by atoms with Gasteiger partial charge in [0.15, 0.2) is 0 Å². The molecule has 21 heavy (non-hydrogen) atoms. The molecule has 0 bridgehead atoms. The molecule has 0 saturated heterocycles. The molecule has 2 aromatic carbocycles. The molecule has 4 nitrogen and oxygen atoms in total. The van der Waals surface area contributed by atoms with Gasteiger partial charge in [-0.05, 0) is 24.6 Å². The van der Waals surface area contributed by atoms with Gasteiger partial charge in [0.25, 0.3) is 0 Å². The van der Waals surface area contributed by atoms with E-state index in [-0.39, 0.29) is 0 Å². The second kappa shape index (κ2) is 5.63. The number of hydrogen-bond acceptors (Lipinski definition) is 3. The number of nitrogens with zero attached hydrogens (tertiary/aromatic N) is 1. The molecule has 0 aliphatic rings. The summed E-state index contributed by atoms with van der Waals surface area (Å²) in [5.41, 5.74) is 3.70. The summed E-state index contributed by atoms with van der Waals surface area (Å²) in [6, 6.07) is 17.1. The minimum atomic E-state index is -1.47. The van der Waals surface area contributed by atoms with E-state index in [4.69, 9.17) is 9.66 Å². The normalized spacial score (nSPS) is 12.3. The molecule has 1 aromatic heterocycles. The molecule has 1 unspecified atom stereocenters. The van der Waals surface area contributed by atoms with Crippen LogP contribution in [0.2, 0.25) is 0 Å². The van der Waals surface area contributed by atoms with Crippen molar-refractivity contribution >= 4 is 11.0 Å². The van der Waals surface area contributed by atoms with Crippen LogP contribution in [0, 0.1) is 6.92 Å². The fourth-order valence-electron chi connectivity index (χ4n) is 2.26. The topological polar surface area (TPSA) is 69.1 Å². The molecule has 1 heterocycles. The molecule has 3 aromatic rings. The summed E-state index contributed by atoms with van der Waals surface area (Å²) >= 11 is 0. The molecule has 3 rings (SSSR count). The van der Waals surface area contributed by atoms with Gasteiger partial charge in [0, 0.05) is 5.56 Å². The van der Waals surface area contributed by atoms with Crippen molar-refractivity contribution in [1.29, 1.82) is 0 Å². The molecule has 0 spiro atoms. The zero-order valence-corrected chi connectivity index (χ0v) is 12.3. The van der Waals surface area contributed by atoms with E-state index in [2.05, 4.69) is 5.16 Å². The van der Waals surface area contributed by atoms with E-state index in [0.29, 0.717) is 4.90 Å². The molecular formula is C16H14N2O2S. The summed E-state index contributed by atoms with van der Waals surface area (Å²) < 4.78 is 16.6. The first-order valence-electron chi connectivity index (χ1n) is 6.45. The third-order valence-electron chi connectivity index (χ3n) is 3.29. The highest BCUT2D eigenvalue weighted by molar-refractivity contribution is 7.82. The van der Waals surface area contributed by atoms with Crippen molar-refractivity contribution in [2.45, 2.75) is 11.8 Å². The average Bonchev–Trinajstić information content (AvgIpc) is 2.90. The van der Waals surface area contributed by atoms with Crippen LogP contribution in [0.1, 0.15) is 5.76 Å². The van der Waals surface area contributed by atoms with Crippen molar-refractivity contribution in [2.75, 3.05) is 0 Å². The van der Waals surface area contributed by atoms with E-state index >= 15 is 0 Å². The minimum Gasteiger partial charge on any atom is -0.360 e. The van der Waals surface area contributed by atoms with E-state index in [1.807, 2.05) is 49.4 Å². The molecule has 106 valence electrons. The molecule has 5 heteroatoms. The Morgan fingerprint density at radius 1 is 1.00 bits per heavy atom. The molecule has 0 aliphatic heterocycles. The van der Waals surface area contributed by atoms with E-state index in [0.717, 1.165) is 28.1 Å². The fraction of sp³-hybridized carbons (Fsp3) is 0.0625. The Hall–Kier alpha value is -2.24. The number of hydrogen-bond donors (Lipinski definition) is 1. The summed E-state index contributed by atoms with van der Waals surface area (Å²) in [6.07, 6.45) is 0. The zero-order valence-electron chi connectivity index (χ0n) is 11.4. The summed E-state index contributed by atoms with van der Waals surface area (Å²) in [5.74, 6) is 0.746. The lowest BCUT2D eigenvalue weighted by Gasteiger charge is -2.04. The molecule has 0 saturated carbocycles. The molecule has 0 amide bonds. The molecular weight excluding hydrogens is 284 g/mol. The number of nitrogens with two attached hydrogens (primary N) is 1. The standard InChI is InChI=1S/C16H14N2O2S/c1-11-15(12-7-9-14(10-8-12)21(17)19)16(18-20-11)13-5-3-2-4-6-13/h2-10H,17H2,1H3. The maximum Gasteiger partial charge on any atom is 0.142 e. The molecule has 0 fully saturated rings. The lowest BCUT2D eigenvalue weighted by molar-refractivity contribution is 0.400. The van der Waals surface area contributed by atoms with Crippen molar-refractivity contribution in [3.8, 4) is 22.4 Å². The van der Waals surface area contributed by atoms with Crippen LogP contribution in [0.25, 0.3) is 22.4 Å². The molecule has 2 N–H and O–H groups in total. The van der Waals surface area contributed by atoms with E-state index in [1.54, 1.807) is 12.1 Å². The highest BCUT2D eigenvalue weighted by atomic mass is 32.2. The zero-order chi connectivity index (χ0) is 14.8. The van der Waals surface area contributed by atoms with Gasteiger partial charge < -0.3 is 4.52 Å². The molecule has 0 aliphatic carbocycles. The Bertz CT molecular complexity index is 780. The smallest absolute Gasteiger partial charge is 0.142 e. The van der Waals surface area contributed by atoms with Crippen LogP contribution >= 0.6 is 0 Å². The van der Waals surface area contributed by atoms with E-state index in [1.165, 1.54) is 0 Å². The van der Waals surface area contributed by atoms with Gasteiger partial charge in [0.05, 0.1) is 10.5 Å². The SMILES string of the molecule is Cc1onc(-c2ccccc2)c1-c1ccc(S(N)=O)cc1. The van der Waals surface area contributed by atoms with Gasteiger partial charge in [-0.3, -0.25) is 0 Å². The maximum absolute atomic E-state index is 11.3. The molecule has 0 radical (unpaired) electrons. The van der Waals surface area contributed by atoms with Crippen LogP contribution in [-0.4, -0.2) is 9.37 Å². The van der Waals surface area contributed by atoms with Gasteiger partial charge >= 0.3 is 0 Å². The van der Waals surface area contributed by atoms with E-state index in [9.17, 15) is 4.21 Å². The Kier molecular flexibility index (Phi) is 3.68. The Morgan fingerprint density at radius 2 is 1.67 bits per heavy atom. The van der Waals surface area contributed by atoms with Crippen LogP contribution in [0.5, 0.6) is 0 Å². The predicted molar refractivity (Wildman–Crippen MR) is 82.7 cm³/mol. The number of aromatic nitrogens is 1. The second-order valence-electron chi connectivity index (χ2n) is 4.65. The second-order valence-corrected chi connectivity index (χ2v) is 5.72. The van der Waals surface area contributed by atoms with Crippen molar-refractivity contribution in [3.63, 3.8) is 0 Å². The Balaban J connectivity index is 2.10. The third-order valence-corrected chi connectivity index (χ3v) is 4.02. The number of rotatable bonds is 3. The van der Waals surface area contributed by atoms with Crippen molar-refractivity contribution in [2.24, 2.45) is 5.14 Å². The maximum atomic E-state index is 11.3. The van der Waals surface area contributed by atoms with Crippen LogP contribution in [0.3, 0.4) is 0 Å². The highest BCUT2D eigenvalue weighted by Gasteiger charge is 2.16. The minimum absolute atomic E-state index is 0.592. The van der Waals surface area contributed by atoms with Gasteiger partial charge in [-0.15, -0.1) is 0 Å². The van der Waals surface area contributed by atoms with Gasteiger partial charge in [-0.2, -0.15) is 0 Å². The first-order chi connectivity index (χ1) is 10.2. The van der Waals surface area contributed by atoms with Gasteiger partial charge in [0.1, 0.15) is 22.4 Å². The first-order valence-corrected chi connectivity index (χ1v) is 7.66. The van der Waals surface area contributed by atoms with Gasteiger partial charge in [0.2, 0.25) is 0 Å². The van der Waals surface area contributed by atoms with Gasteiger partial charge in [-0.1, -0.05) is 47.6 Å². The Labute approximate surface area is 125 Å². The van der Waals surface area contributed by atoms with Crippen LogP contribution in [-0.2, 0) is 11.0 Å². The molecule has 1 atom stereocenters. The fourth-order valence-corrected chi connectivity index (χ4v) is 2.67. The summed E-state index contributed by atoms with van der Waals surface area (Å²) in [7, 11) is -1.47. The van der Waals surface area contributed by atoms with Crippen molar-refractivity contribution in [3.05, 3.63) is 60.4 Å². The van der Waals surface area contributed by atoms with Gasteiger partial charge in [-0.25, -0.2) is 9.35 Å². The average molecular weight is 298 g/mol. The van der Waals surface area contributed by atoms with Crippen molar-refractivity contribution < 1.29 is 8.73 Å². The first kappa shape index (κ1) is 13.7. The largest absolute Gasteiger partial charge is 0.360 e. The lowest BCUT2D eigenvalue weighted by atomic mass is 10.00. The van der Waals surface area contributed by atoms with Crippen molar-refractivity contribution in [1.82, 2.24) is 5.16 Å². The number of aryl methyl sites for hydroxylation is 1. The lowest BCUT2D eigenvalue weighted by Crippen LogP contribution is -2.01. The Morgan fingerprint density at radius 3 is 2.29 bits per heavy atom. The number of benzene rings is 2. The van der Waals surface area contributed by atoms with Crippen LogP contribution in [0.4, 0.5) is 0 Å². The highest BCUT2D eigenvalue weighted by Crippen LogP contribution is 2.34. The summed E-state index contributed by atoms with van der Waals surface area (Å²) in [6.45, 7) is 1.88. The third kappa shape index (κ3) is 2.66. The monoisotopic (exact) mass is 298 g/mol. The van der Waals surface area contributed by atoms with E-state index < -0.39 is 11.0 Å². The quantitative estimate of drug-likeness (QED) is 0.806. The van der Waals surface area contributed by atoms with Crippen LogP contribution < -0.4 is 5.14 Å². The summed E-state index contributed by atoms with van der Waals surface area (Å²) in [5, 5.41) is 9.53. The van der Waals surface area contributed by atoms with Crippen LogP contribution in [0.15, 0.2) is 64.0 Å². The predicted octanol–water partition coefficient (Wildman–Crippen LogP) is 3.30.